The quantitative estimate of drug-likeness (QED) is 0.935. The van der Waals surface area contributed by atoms with Crippen molar-refractivity contribution in [1.29, 1.82) is 0 Å². The van der Waals surface area contributed by atoms with E-state index in [4.69, 9.17) is 5.73 Å². The van der Waals surface area contributed by atoms with Crippen LogP contribution in [0.3, 0.4) is 0 Å². The number of aromatic nitrogens is 1. The molecule has 2 N–H and O–H groups in total. The summed E-state index contributed by atoms with van der Waals surface area (Å²) in [6.07, 6.45) is 1.21. The molecule has 1 heterocycles. The number of pyridine rings is 1. The number of benzene rings is 1. The van der Waals surface area contributed by atoms with Crippen LogP contribution in [0.1, 0.15) is 30.2 Å². The zero-order valence-corrected chi connectivity index (χ0v) is 11.3. The van der Waals surface area contributed by atoms with Crippen molar-refractivity contribution in [3.8, 4) is 0 Å². The normalized spacial score (nSPS) is 14.1. The molecule has 20 heavy (non-hydrogen) atoms. The minimum atomic E-state index is -1.44. The molecule has 0 radical (unpaired) electrons. The van der Waals surface area contributed by atoms with Crippen LogP contribution in [-0.2, 0) is 5.54 Å². The fraction of sp³-hybridized carbons (Fsp3) is 0.267. The van der Waals surface area contributed by atoms with Gasteiger partial charge >= 0.3 is 0 Å². The highest BCUT2D eigenvalue weighted by Crippen LogP contribution is 2.33. The first kappa shape index (κ1) is 14.5. The van der Waals surface area contributed by atoms with Gasteiger partial charge in [-0.2, -0.15) is 0 Å². The van der Waals surface area contributed by atoms with E-state index in [0.29, 0.717) is 5.56 Å². The topological polar surface area (TPSA) is 38.9 Å². The van der Waals surface area contributed by atoms with Gasteiger partial charge in [0.1, 0.15) is 17.5 Å². The van der Waals surface area contributed by atoms with E-state index in [9.17, 15) is 13.2 Å². The van der Waals surface area contributed by atoms with Crippen LogP contribution in [0, 0.1) is 24.4 Å². The fourth-order valence-corrected chi connectivity index (χ4v) is 2.19. The van der Waals surface area contributed by atoms with Crippen LogP contribution in [-0.4, -0.2) is 4.98 Å². The third-order valence-electron chi connectivity index (χ3n) is 3.47. The van der Waals surface area contributed by atoms with Crippen LogP contribution in [0.2, 0.25) is 0 Å². The van der Waals surface area contributed by atoms with Crippen molar-refractivity contribution < 1.29 is 13.2 Å². The summed E-state index contributed by atoms with van der Waals surface area (Å²) in [6, 6.07) is 5.04. The summed E-state index contributed by atoms with van der Waals surface area (Å²) in [6.45, 7) is 3.23. The molecule has 2 nitrogen and oxygen atoms in total. The van der Waals surface area contributed by atoms with E-state index < -0.39 is 23.0 Å². The molecule has 1 aromatic carbocycles. The summed E-state index contributed by atoms with van der Waals surface area (Å²) in [5.74, 6) is -1.96. The fourth-order valence-electron chi connectivity index (χ4n) is 2.19. The molecular weight excluding hydrogens is 265 g/mol. The van der Waals surface area contributed by atoms with Crippen LogP contribution in [0.25, 0.3) is 0 Å². The lowest BCUT2D eigenvalue weighted by Crippen LogP contribution is -2.40. The predicted molar refractivity (Wildman–Crippen MR) is 70.5 cm³/mol. The van der Waals surface area contributed by atoms with Crippen molar-refractivity contribution in [3.05, 3.63) is 64.7 Å². The Bertz CT molecular complexity index is 626. The molecule has 0 amide bonds. The van der Waals surface area contributed by atoms with Gasteiger partial charge < -0.3 is 5.73 Å². The number of hydrogen-bond donors (Lipinski definition) is 1. The smallest absolute Gasteiger partial charge is 0.141 e. The van der Waals surface area contributed by atoms with Crippen molar-refractivity contribution in [2.75, 3.05) is 0 Å². The maximum Gasteiger partial charge on any atom is 0.141 e. The highest BCUT2D eigenvalue weighted by molar-refractivity contribution is 5.39. The molecule has 106 valence electrons. The van der Waals surface area contributed by atoms with Crippen molar-refractivity contribution in [1.82, 2.24) is 4.98 Å². The molecule has 0 saturated heterocycles. The van der Waals surface area contributed by atoms with Crippen LogP contribution < -0.4 is 5.73 Å². The number of hydrogen-bond acceptors (Lipinski definition) is 2. The zero-order chi connectivity index (χ0) is 14.9. The standard InChI is InChI=1S/C15H15F3N2/c1-3-15(19,12-7-5-10(16)8-20-12)13-11(17)6-4-9(2)14(13)18/h4-8H,3,19H2,1-2H3. The number of nitrogens with two attached hydrogens (primary N) is 1. The van der Waals surface area contributed by atoms with Gasteiger partial charge in [0.2, 0.25) is 0 Å². The highest BCUT2D eigenvalue weighted by Gasteiger charge is 2.35. The second-order valence-electron chi connectivity index (χ2n) is 4.74. The summed E-state index contributed by atoms with van der Waals surface area (Å²) in [4.78, 5) is 3.88. The Kier molecular flexibility index (Phi) is 3.81. The largest absolute Gasteiger partial charge is 0.316 e. The third kappa shape index (κ3) is 2.29. The van der Waals surface area contributed by atoms with E-state index in [0.717, 1.165) is 6.20 Å². The Morgan fingerprint density at radius 3 is 2.40 bits per heavy atom. The molecule has 0 saturated carbocycles. The van der Waals surface area contributed by atoms with E-state index in [1.807, 2.05) is 0 Å². The molecule has 1 atom stereocenters. The SMILES string of the molecule is CCC(N)(c1ccc(F)cn1)c1c(F)ccc(C)c1F. The minimum absolute atomic E-state index is 0.225. The van der Waals surface area contributed by atoms with E-state index in [1.165, 1.54) is 31.2 Å². The second kappa shape index (κ2) is 5.25. The number of rotatable bonds is 3. The lowest BCUT2D eigenvalue weighted by Gasteiger charge is -2.29. The lowest BCUT2D eigenvalue weighted by molar-refractivity contribution is 0.431. The predicted octanol–water partition coefficient (Wildman–Crippen LogP) is 3.42. The van der Waals surface area contributed by atoms with Crippen LogP contribution in [0.5, 0.6) is 0 Å². The number of halogens is 3. The Labute approximate surface area is 115 Å². The van der Waals surface area contributed by atoms with Crippen molar-refractivity contribution in [2.24, 2.45) is 5.73 Å². The summed E-state index contributed by atoms with van der Waals surface area (Å²) >= 11 is 0. The molecule has 0 bridgehead atoms. The number of aryl methyl sites for hydroxylation is 1. The Morgan fingerprint density at radius 1 is 1.15 bits per heavy atom. The first-order chi connectivity index (χ1) is 9.40. The summed E-state index contributed by atoms with van der Waals surface area (Å²) in [5, 5.41) is 0. The summed E-state index contributed by atoms with van der Waals surface area (Å²) < 4.78 is 41.3. The Balaban J connectivity index is 2.68. The number of nitrogens with zero attached hydrogens (tertiary/aromatic N) is 1. The lowest BCUT2D eigenvalue weighted by atomic mass is 9.83. The third-order valence-corrected chi connectivity index (χ3v) is 3.47. The van der Waals surface area contributed by atoms with Crippen LogP contribution in [0.15, 0.2) is 30.5 Å². The monoisotopic (exact) mass is 280 g/mol. The van der Waals surface area contributed by atoms with Gasteiger partial charge in [-0.1, -0.05) is 13.0 Å². The summed E-state index contributed by atoms with van der Waals surface area (Å²) in [7, 11) is 0. The maximum atomic E-state index is 14.3. The minimum Gasteiger partial charge on any atom is -0.316 e. The molecule has 0 fully saturated rings. The summed E-state index contributed by atoms with van der Waals surface area (Å²) in [5.41, 5.74) is 5.05. The molecule has 0 aliphatic heterocycles. The molecular formula is C15H15F3N2. The van der Waals surface area contributed by atoms with Gasteiger partial charge in [-0.3, -0.25) is 4.98 Å². The van der Waals surface area contributed by atoms with Crippen molar-refractivity contribution in [3.63, 3.8) is 0 Å². The van der Waals surface area contributed by atoms with Gasteiger partial charge in [-0.05, 0) is 37.1 Å². The van der Waals surface area contributed by atoms with E-state index in [-0.39, 0.29) is 17.7 Å². The van der Waals surface area contributed by atoms with Gasteiger partial charge in [-0.15, -0.1) is 0 Å². The molecule has 0 spiro atoms. The van der Waals surface area contributed by atoms with Crippen LogP contribution in [0.4, 0.5) is 13.2 Å². The van der Waals surface area contributed by atoms with Crippen molar-refractivity contribution in [2.45, 2.75) is 25.8 Å². The zero-order valence-electron chi connectivity index (χ0n) is 11.3. The molecule has 1 unspecified atom stereocenters. The molecule has 2 aromatic rings. The Hall–Kier alpha value is -1.88. The van der Waals surface area contributed by atoms with Gasteiger partial charge in [0, 0.05) is 5.56 Å². The average molecular weight is 280 g/mol. The van der Waals surface area contributed by atoms with Crippen LogP contribution >= 0.6 is 0 Å². The second-order valence-corrected chi connectivity index (χ2v) is 4.74. The van der Waals surface area contributed by atoms with E-state index >= 15 is 0 Å². The van der Waals surface area contributed by atoms with Gasteiger partial charge in [0.15, 0.2) is 0 Å². The molecule has 0 aliphatic rings. The molecule has 0 aliphatic carbocycles. The van der Waals surface area contributed by atoms with Gasteiger partial charge in [0.25, 0.3) is 0 Å². The molecule has 5 heteroatoms. The first-order valence-corrected chi connectivity index (χ1v) is 6.26. The van der Waals surface area contributed by atoms with Crippen molar-refractivity contribution >= 4 is 0 Å². The average Bonchev–Trinajstić information content (AvgIpc) is 2.43. The highest BCUT2D eigenvalue weighted by atomic mass is 19.1. The Morgan fingerprint density at radius 2 is 1.85 bits per heavy atom. The van der Waals surface area contributed by atoms with E-state index in [2.05, 4.69) is 4.98 Å². The first-order valence-electron chi connectivity index (χ1n) is 6.26. The molecule has 2 rings (SSSR count). The maximum absolute atomic E-state index is 14.3. The van der Waals surface area contributed by atoms with Gasteiger partial charge in [0.05, 0.1) is 17.4 Å². The van der Waals surface area contributed by atoms with E-state index in [1.54, 1.807) is 6.92 Å². The molecule has 1 aromatic heterocycles. The van der Waals surface area contributed by atoms with Gasteiger partial charge in [-0.25, -0.2) is 13.2 Å².